The number of thiocarbonyl (C=S) groups is 1. The van der Waals surface area contributed by atoms with Crippen LogP contribution in [0, 0.1) is 0 Å². The van der Waals surface area contributed by atoms with E-state index in [1.807, 2.05) is 42.5 Å². The normalized spacial score (nSPS) is 10.9. The van der Waals surface area contributed by atoms with Crippen molar-refractivity contribution < 1.29 is 9.59 Å². The quantitative estimate of drug-likeness (QED) is 0.414. The molecule has 3 rings (SSSR count). The van der Waals surface area contributed by atoms with Gasteiger partial charge in [0.1, 0.15) is 0 Å². The standard InChI is InChI=1S/C27H29N3O2S/c1-5-18-9-11-19(12-10-18)25(32)30-26(33)29-23-8-6-7-22(17-23)28-24(31)20-13-15-21(16-14-20)27(2,3)4/h6-17H,5H2,1-4H3,(H,28,31)(H2,29,30,32,33). The summed E-state index contributed by atoms with van der Waals surface area (Å²) in [4.78, 5) is 25.0. The van der Waals surface area contributed by atoms with Crippen LogP contribution in [0.3, 0.4) is 0 Å². The highest BCUT2D eigenvalue weighted by molar-refractivity contribution is 7.80. The predicted molar refractivity (Wildman–Crippen MR) is 139 cm³/mol. The van der Waals surface area contributed by atoms with Gasteiger partial charge in [-0.05, 0) is 77.6 Å². The van der Waals surface area contributed by atoms with Crippen LogP contribution in [0.2, 0.25) is 0 Å². The van der Waals surface area contributed by atoms with Crippen molar-refractivity contribution >= 4 is 40.5 Å². The van der Waals surface area contributed by atoms with Crippen molar-refractivity contribution in [2.75, 3.05) is 10.6 Å². The minimum Gasteiger partial charge on any atom is -0.332 e. The van der Waals surface area contributed by atoms with Gasteiger partial charge in [0.15, 0.2) is 5.11 Å². The first-order valence-electron chi connectivity index (χ1n) is 10.9. The highest BCUT2D eigenvalue weighted by atomic mass is 32.1. The average molecular weight is 460 g/mol. The molecule has 3 N–H and O–H groups in total. The van der Waals surface area contributed by atoms with Crippen LogP contribution in [0.15, 0.2) is 72.8 Å². The number of amides is 2. The zero-order valence-corrected chi connectivity index (χ0v) is 20.2. The maximum absolute atomic E-state index is 12.6. The molecule has 0 unspecified atom stereocenters. The highest BCUT2D eigenvalue weighted by Crippen LogP contribution is 2.23. The minimum absolute atomic E-state index is 0.0296. The molecule has 3 aromatic carbocycles. The predicted octanol–water partition coefficient (Wildman–Crippen LogP) is 5.93. The molecule has 0 saturated carbocycles. The van der Waals surface area contributed by atoms with E-state index in [2.05, 4.69) is 43.6 Å². The van der Waals surface area contributed by atoms with E-state index in [4.69, 9.17) is 12.2 Å². The highest BCUT2D eigenvalue weighted by Gasteiger charge is 2.14. The molecule has 0 atom stereocenters. The molecule has 6 heteroatoms. The Morgan fingerprint density at radius 2 is 1.33 bits per heavy atom. The third-order valence-electron chi connectivity index (χ3n) is 5.24. The Balaban J connectivity index is 1.60. The Labute approximate surface area is 200 Å². The van der Waals surface area contributed by atoms with Crippen LogP contribution in [-0.4, -0.2) is 16.9 Å². The van der Waals surface area contributed by atoms with E-state index in [9.17, 15) is 9.59 Å². The number of hydrogen-bond donors (Lipinski definition) is 3. The Hall–Kier alpha value is -3.51. The van der Waals surface area contributed by atoms with Gasteiger partial charge in [0.25, 0.3) is 11.8 Å². The average Bonchev–Trinajstić information content (AvgIpc) is 2.78. The number of rotatable bonds is 5. The second-order valence-electron chi connectivity index (χ2n) is 8.82. The third kappa shape index (κ3) is 6.73. The van der Waals surface area contributed by atoms with Crippen molar-refractivity contribution in [1.29, 1.82) is 0 Å². The van der Waals surface area contributed by atoms with E-state index >= 15 is 0 Å². The van der Waals surface area contributed by atoms with Crippen molar-refractivity contribution in [2.24, 2.45) is 0 Å². The number of carbonyl (C=O) groups is 2. The summed E-state index contributed by atoms with van der Waals surface area (Å²) in [5.41, 5.74) is 4.75. The lowest BCUT2D eigenvalue weighted by Gasteiger charge is -2.19. The summed E-state index contributed by atoms with van der Waals surface area (Å²) in [5.74, 6) is -0.475. The van der Waals surface area contributed by atoms with Crippen LogP contribution < -0.4 is 16.0 Å². The number of anilines is 2. The fraction of sp³-hybridized carbons (Fsp3) is 0.222. The molecule has 0 aliphatic rings. The van der Waals surface area contributed by atoms with Crippen molar-refractivity contribution in [3.63, 3.8) is 0 Å². The molecule has 0 bridgehead atoms. The molecule has 0 radical (unpaired) electrons. The molecule has 170 valence electrons. The Bertz CT molecular complexity index is 1150. The van der Waals surface area contributed by atoms with Crippen LogP contribution in [0.5, 0.6) is 0 Å². The lowest BCUT2D eigenvalue weighted by Crippen LogP contribution is -2.34. The summed E-state index contributed by atoms with van der Waals surface area (Å²) >= 11 is 5.28. The van der Waals surface area contributed by atoms with Crippen LogP contribution in [0.25, 0.3) is 0 Å². The maximum Gasteiger partial charge on any atom is 0.257 e. The summed E-state index contributed by atoms with van der Waals surface area (Å²) in [5, 5.41) is 8.75. The smallest absolute Gasteiger partial charge is 0.257 e. The van der Waals surface area contributed by atoms with Gasteiger partial charge >= 0.3 is 0 Å². The number of hydrogen-bond acceptors (Lipinski definition) is 3. The molecule has 5 nitrogen and oxygen atoms in total. The number of carbonyl (C=O) groups excluding carboxylic acids is 2. The van der Waals surface area contributed by atoms with Gasteiger partial charge in [-0.1, -0.05) is 58.0 Å². The van der Waals surface area contributed by atoms with Crippen molar-refractivity contribution in [3.8, 4) is 0 Å². The van der Waals surface area contributed by atoms with Gasteiger partial charge in [-0.25, -0.2) is 0 Å². The number of nitrogens with one attached hydrogen (secondary N) is 3. The zero-order chi connectivity index (χ0) is 24.0. The lowest BCUT2D eigenvalue weighted by molar-refractivity contribution is 0.0976. The molecule has 0 heterocycles. The van der Waals surface area contributed by atoms with Crippen molar-refractivity contribution in [2.45, 2.75) is 39.5 Å². The molecule has 0 aromatic heterocycles. The fourth-order valence-corrected chi connectivity index (χ4v) is 3.44. The Morgan fingerprint density at radius 1 is 0.788 bits per heavy atom. The molecule has 0 saturated heterocycles. The summed E-state index contributed by atoms with van der Waals surface area (Å²) < 4.78 is 0. The molecule has 0 spiro atoms. The van der Waals surface area contributed by atoms with E-state index in [1.165, 1.54) is 5.56 Å². The van der Waals surface area contributed by atoms with Gasteiger partial charge in [0, 0.05) is 22.5 Å². The van der Waals surface area contributed by atoms with Gasteiger partial charge in [0.05, 0.1) is 0 Å². The van der Waals surface area contributed by atoms with Gasteiger partial charge in [-0.3, -0.25) is 14.9 Å². The maximum atomic E-state index is 12.6. The van der Waals surface area contributed by atoms with Gasteiger partial charge in [0.2, 0.25) is 0 Å². The molecule has 0 fully saturated rings. The fourth-order valence-electron chi connectivity index (χ4n) is 3.23. The number of benzene rings is 3. The first-order valence-corrected chi connectivity index (χ1v) is 11.3. The second-order valence-corrected chi connectivity index (χ2v) is 9.23. The molecular formula is C27H29N3O2S. The topological polar surface area (TPSA) is 70.2 Å². The van der Waals surface area contributed by atoms with Crippen LogP contribution in [0.4, 0.5) is 11.4 Å². The summed E-state index contributed by atoms with van der Waals surface area (Å²) in [6, 6.07) is 22.2. The van der Waals surface area contributed by atoms with E-state index in [0.29, 0.717) is 22.5 Å². The largest absolute Gasteiger partial charge is 0.332 e. The first kappa shape index (κ1) is 24.1. The Kier molecular flexibility index (Phi) is 7.61. The lowest BCUT2D eigenvalue weighted by atomic mass is 9.87. The van der Waals surface area contributed by atoms with Crippen LogP contribution >= 0.6 is 12.2 Å². The molecule has 2 amide bonds. The van der Waals surface area contributed by atoms with E-state index in [0.717, 1.165) is 12.0 Å². The summed E-state index contributed by atoms with van der Waals surface area (Å²) in [6.45, 7) is 8.47. The summed E-state index contributed by atoms with van der Waals surface area (Å²) in [7, 11) is 0. The van der Waals surface area contributed by atoms with Gasteiger partial charge in [-0.2, -0.15) is 0 Å². The monoisotopic (exact) mass is 459 g/mol. The molecule has 3 aromatic rings. The first-order chi connectivity index (χ1) is 15.7. The minimum atomic E-state index is -0.279. The van der Waals surface area contributed by atoms with Crippen LogP contribution in [-0.2, 0) is 11.8 Å². The molecule has 0 aliphatic carbocycles. The number of aryl methyl sites for hydroxylation is 1. The Morgan fingerprint density at radius 3 is 1.91 bits per heavy atom. The summed E-state index contributed by atoms with van der Waals surface area (Å²) in [6.07, 6.45) is 0.914. The van der Waals surface area contributed by atoms with E-state index in [1.54, 1.807) is 30.3 Å². The van der Waals surface area contributed by atoms with Crippen molar-refractivity contribution in [1.82, 2.24) is 5.32 Å². The van der Waals surface area contributed by atoms with Crippen molar-refractivity contribution in [3.05, 3.63) is 95.1 Å². The SMILES string of the molecule is CCc1ccc(C(=O)NC(=S)Nc2cccc(NC(=O)c3ccc(C(C)(C)C)cc3)c2)cc1. The van der Waals surface area contributed by atoms with E-state index < -0.39 is 0 Å². The van der Waals surface area contributed by atoms with Gasteiger partial charge < -0.3 is 10.6 Å². The molecule has 33 heavy (non-hydrogen) atoms. The second kappa shape index (κ2) is 10.4. The van der Waals surface area contributed by atoms with Crippen LogP contribution in [0.1, 0.15) is 59.5 Å². The molecular weight excluding hydrogens is 430 g/mol. The third-order valence-corrected chi connectivity index (χ3v) is 5.45. The molecule has 0 aliphatic heterocycles. The zero-order valence-electron chi connectivity index (χ0n) is 19.4. The van der Waals surface area contributed by atoms with Gasteiger partial charge in [-0.15, -0.1) is 0 Å². The van der Waals surface area contributed by atoms with E-state index in [-0.39, 0.29) is 22.3 Å².